The Hall–Kier alpha value is -3.33. The van der Waals surface area contributed by atoms with Crippen molar-refractivity contribution in [1.29, 1.82) is 0 Å². The Morgan fingerprint density at radius 3 is 1.62 bits per heavy atom. The SMILES string of the molecule is CC/C=C/C=C/C=C\CCCCCCCC(=O)OC(/C=C/CCCCCCCCCCC)C(COP(=O)([O-])OCC[N+](C)(C)C)NC(=O)CC/C=C/C/C=C/C/C=C/C/C=C/C/C=C/CC. The third-order valence-corrected chi connectivity index (χ3v) is 11.5. The normalized spacial score (nSPS) is 14.8. The molecule has 1 amide bonds. The molecule has 10 heteroatoms. The van der Waals surface area contributed by atoms with Crippen molar-refractivity contribution < 1.29 is 37.3 Å². The lowest BCUT2D eigenvalue weighted by molar-refractivity contribution is -0.870. The second-order valence-corrected chi connectivity index (χ2v) is 19.4. The molecule has 66 heavy (non-hydrogen) atoms. The zero-order valence-electron chi connectivity index (χ0n) is 42.6. The summed E-state index contributed by atoms with van der Waals surface area (Å²) in [6.45, 7) is 6.47. The van der Waals surface area contributed by atoms with Gasteiger partial charge in [-0.05, 0) is 83.1 Å². The molecule has 0 radical (unpaired) electrons. The summed E-state index contributed by atoms with van der Waals surface area (Å²) in [6.07, 6.45) is 60.8. The van der Waals surface area contributed by atoms with Crippen molar-refractivity contribution in [2.75, 3.05) is 40.9 Å². The molecule has 3 unspecified atom stereocenters. The number of hydrogen-bond donors (Lipinski definition) is 1. The first-order valence-corrected chi connectivity index (χ1v) is 27.2. The zero-order chi connectivity index (χ0) is 48.7. The van der Waals surface area contributed by atoms with Gasteiger partial charge >= 0.3 is 5.97 Å². The summed E-state index contributed by atoms with van der Waals surface area (Å²) in [5.74, 6) is -0.675. The van der Waals surface area contributed by atoms with Crippen LogP contribution in [0, 0.1) is 0 Å². The highest BCUT2D eigenvalue weighted by atomic mass is 31.2. The van der Waals surface area contributed by atoms with E-state index < -0.39 is 26.6 Å². The number of carbonyl (C=O) groups is 2. The van der Waals surface area contributed by atoms with Gasteiger partial charge in [0.25, 0.3) is 7.82 Å². The quantitative estimate of drug-likeness (QED) is 0.0162. The van der Waals surface area contributed by atoms with Crippen molar-refractivity contribution in [2.45, 2.75) is 193 Å². The predicted molar refractivity (Wildman–Crippen MR) is 279 cm³/mol. The van der Waals surface area contributed by atoms with Crippen LogP contribution in [0.1, 0.15) is 181 Å². The summed E-state index contributed by atoms with van der Waals surface area (Å²) in [4.78, 5) is 39.6. The van der Waals surface area contributed by atoms with E-state index in [2.05, 4.69) is 99.0 Å². The lowest BCUT2D eigenvalue weighted by Gasteiger charge is -2.30. The number of phosphoric acid groups is 1. The molecule has 0 rings (SSSR count). The van der Waals surface area contributed by atoms with Crippen LogP contribution in [0.3, 0.4) is 0 Å². The fourth-order valence-electron chi connectivity index (χ4n) is 6.56. The summed E-state index contributed by atoms with van der Waals surface area (Å²) < 4.78 is 30.0. The average Bonchev–Trinajstić information content (AvgIpc) is 3.27. The van der Waals surface area contributed by atoms with Crippen LogP contribution in [0.2, 0.25) is 0 Å². The van der Waals surface area contributed by atoms with Gasteiger partial charge in [0.1, 0.15) is 19.3 Å². The molecular formula is C56H95N2O7P. The van der Waals surface area contributed by atoms with E-state index in [-0.39, 0.29) is 31.3 Å². The molecule has 0 aliphatic rings. The Labute approximate surface area is 404 Å². The topological polar surface area (TPSA) is 114 Å². The summed E-state index contributed by atoms with van der Waals surface area (Å²) in [5, 5.41) is 2.95. The number of hydrogen-bond acceptors (Lipinski definition) is 7. The highest BCUT2D eigenvalue weighted by Gasteiger charge is 2.27. The smallest absolute Gasteiger partial charge is 0.306 e. The Morgan fingerprint density at radius 2 is 1.06 bits per heavy atom. The first kappa shape index (κ1) is 62.7. The molecule has 9 nitrogen and oxygen atoms in total. The van der Waals surface area contributed by atoms with E-state index in [1.54, 1.807) is 6.08 Å². The molecule has 0 aromatic rings. The molecule has 0 aliphatic heterocycles. The van der Waals surface area contributed by atoms with Crippen molar-refractivity contribution in [3.8, 4) is 0 Å². The standard InChI is InChI=1S/C56H95N2O7P/c1-7-10-13-16-19-22-25-27-28-29-31-33-36-39-42-45-48-55(59)57-53(52-64-66(61,62)63-51-50-58(4,5)6)54(47-44-41-38-35-32-24-21-18-15-12-9-3)65-56(60)49-46-43-40-37-34-30-26-23-20-17-14-11-8-2/h10-11,13-14,17,19-20,22-23,26-28,31,33,39,42,44,47,53-54H,7-9,12,15-16,18,21,24-25,29-30,32,34-38,40-41,43,45-46,48-52H2,1-6H3,(H-,57,59,61,62)/b13-10+,14-11+,20-17+,22-19+,26-23-,28-27+,33-31+,42-39+,47-44+. The van der Waals surface area contributed by atoms with Gasteiger partial charge in [0.15, 0.2) is 0 Å². The van der Waals surface area contributed by atoms with Crippen molar-refractivity contribution in [3.63, 3.8) is 0 Å². The predicted octanol–water partition coefficient (Wildman–Crippen LogP) is 14.4. The van der Waals surface area contributed by atoms with Crippen LogP contribution < -0.4 is 10.2 Å². The van der Waals surface area contributed by atoms with Gasteiger partial charge < -0.3 is 28.5 Å². The fourth-order valence-corrected chi connectivity index (χ4v) is 7.29. The van der Waals surface area contributed by atoms with Gasteiger partial charge in [0, 0.05) is 12.8 Å². The van der Waals surface area contributed by atoms with E-state index in [9.17, 15) is 19.0 Å². The lowest BCUT2D eigenvalue weighted by Crippen LogP contribution is -2.47. The number of allylic oxidation sites excluding steroid dienone is 17. The first-order chi connectivity index (χ1) is 31.9. The molecule has 0 fully saturated rings. The van der Waals surface area contributed by atoms with Crippen molar-refractivity contribution in [2.24, 2.45) is 0 Å². The maximum Gasteiger partial charge on any atom is 0.306 e. The van der Waals surface area contributed by atoms with Gasteiger partial charge in [-0.1, -0.05) is 195 Å². The monoisotopic (exact) mass is 939 g/mol. The Kier molecular flexibility index (Phi) is 43.2. The minimum Gasteiger partial charge on any atom is -0.756 e. The molecule has 0 saturated heterocycles. The molecular weight excluding hydrogens is 844 g/mol. The van der Waals surface area contributed by atoms with Crippen LogP contribution in [0.15, 0.2) is 109 Å². The number of nitrogens with zero attached hydrogens (tertiary/aromatic N) is 1. The van der Waals surface area contributed by atoms with E-state index >= 15 is 0 Å². The number of esters is 1. The van der Waals surface area contributed by atoms with Crippen LogP contribution in [0.25, 0.3) is 0 Å². The van der Waals surface area contributed by atoms with Crippen molar-refractivity contribution in [3.05, 3.63) is 109 Å². The lowest BCUT2D eigenvalue weighted by atomic mass is 10.1. The maximum absolute atomic E-state index is 13.4. The molecule has 0 aliphatic carbocycles. The molecule has 0 heterocycles. The maximum atomic E-state index is 13.4. The van der Waals surface area contributed by atoms with E-state index in [1.165, 1.54) is 44.9 Å². The second kappa shape index (κ2) is 45.5. The van der Waals surface area contributed by atoms with E-state index in [4.69, 9.17) is 13.8 Å². The van der Waals surface area contributed by atoms with E-state index in [1.807, 2.05) is 51.5 Å². The molecule has 0 bridgehead atoms. The molecule has 0 saturated carbocycles. The summed E-state index contributed by atoms with van der Waals surface area (Å²) in [5.41, 5.74) is 0. The van der Waals surface area contributed by atoms with Gasteiger partial charge in [-0.2, -0.15) is 0 Å². The van der Waals surface area contributed by atoms with Gasteiger partial charge in [0.05, 0.1) is 33.8 Å². The van der Waals surface area contributed by atoms with Crippen LogP contribution in [0.5, 0.6) is 0 Å². The van der Waals surface area contributed by atoms with Crippen molar-refractivity contribution >= 4 is 19.7 Å². The van der Waals surface area contributed by atoms with Gasteiger partial charge in [-0.15, -0.1) is 0 Å². The summed E-state index contributed by atoms with van der Waals surface area (Å²) in [6, 6.07) is -0.941. The third kappa shape index (κ3) is 45.8. The number of rotatable bonds is 44. The number of carbonyl (C=O) groups excluding carboxylic acids is 2. The van der Waals surface area contributed by atoms with E-state index in [0.29, 0.717) is 23.9 Å². The molecule has 3 atom stereocenters. The highest BCUT2D eigenvalue weighted by molar-refractivity contribution is 7.45. The Balaban J connectivity index is 5.58. The number of quaternary nitrogens is 1. The average molecular weight is 939 g/mol. The highest BCUT2D eigenvalue weighted by Crippen LogP contribution is 2.38. The van der Waals surface area contributed by atoms with Crippen LogP contribution in [0.4, 0.5) is 0 Å². The summed E-state index contributed by atoms with van der Waals surface area (Å²) >= 11 is 0. The fraction of sp³-hybridized carbons (Fsp3) is 0.643. The Bertz CT molecular complexity index is 1500. The van der Waals surface area contributed by atoms with Crippen LogP contribution >= 0.6 is 7.82 Å². The summed E-state index contributed by atoms with van der Waals surface area (Å²) in [7, 11) is 1.11. The largest absolute Gasteiger partial charge is 0.756 e. The number of nitrogens with one attached hydrogen (secondary N) is 1. The van der Waals surface area contributed by atoms with Gasteiger partial charge in [-0.3, -0.25) is 14.2 Å². The molecule has 0 aromatic heterocycles. The zero-order valence-corrected chi connectivity index (χ0v) is 43.5. The van der Waals surface area contributed by atoms with Gasteiger partial charge in [-0.25, -0.2) is 0 Å². The van der Waals surface area contributed by atoms with Crippen LogP contribution in [-0.4, -0.2) is 69.4 Å². The number of phosphoric ester groups is 1. The first-order valence-electron chi connectivity index (χ1n) is 25.7. The molecule has 0 aromatic carbocycles. The van der Waals surface area contributed by atoms with E-state index in [0.717, 1.165) is 89.9 Å². The number of likely N-dealkylation sites (N-methyl/N-ethyl adjacent to an activating group) is 1. The molecule has 1 N–H and O–H groups in total. The number of unbranched alkanes of at least 4 members (excludes halogenated alkanes) is 14. The number of ether oxygens (including phenoxy) is 1. The van der Waals surface area contributed by atoms with Crippen LogP contribution in [-0.2, 0) is 27.9 Å². The molecule has 376 valence electrons. The van der Waals surface area contributed by atoms with Gasteiger partial charge in [0.2, 0.25) is 5.91 Å². The van der Waals surface area contributed by atoms with Crippen molar-refractivity contribution in [1.82, 2.24) is 5.32 Å². The molecule has 0 spiro atoms. The third-order valence-electron chi connectivity index (χ3n) is 10.5. The minimum atomic E-state index is -4.72. The minimum absolute atomic E-state index is 0.0450. The second-order valence-electron chi connectivity index (χ2n) is 18.0. The number of amides is 1. The Morgan fingerprint density at radius 1 is 0.561 bits per heavy atom.